The number of benzene rings is 1. The number of hydrogen-bond acceptors (Lipinski definition) is 6. The molecule has 2 fully saturated rings. The Balaban J connectivity index is 1.57. The van der Waals surface area contributed by atoms with Crippen molar-refractivity contribution in [3.8, 4) is 0 Å². The number of hydrogen-bond donors (Lipinski definition) is 1. The van der Waals surface area contributed by atoms with Gasteiger partial charge in [0, 0.05) is 12.7 Å². The third-order valence-corrected chi connectivity index (χ3v) is 7.19. The molecule has 10 heteroatoms. The molecule has 10 nitrogen and oxygen atoms in total. The van der Waals surface area contributed by atoms with E-state index in [0.717, 1.165) is 32.8 Å². The van der Waals surface area contributed by atoms with Crippen molar-refractivity contribution < 1.29 is 14.4 Å². The van der Waals surface area contributed by atoms with Crippen LogP contribution in [0.2, 0.25) is 0 Å². The fraction of sp³-hybridized carbons (Fsp3) is 0.370. The fourth-order valence-corrected chi connectivity index (χ4v) is 5.50. The summed E-state index contributed by atoms with van der Waals surface area (Å²) >= 11 is 0. The topological polar surface area (TPSA) is 118 Å². The van der Waals surface area contributed by atoms with Crippen molar-refractivity contribution in [3.63, 3.8) is 0 Å². The maximum Gasteiger partial charge on any atom is 0.347 e. The molecule has 37 heavy (non-hydrogen) atoms. The van der Waals surface area contributed by atoms with Crippen molar-refractivity contribution in [2.24, 2.45) is 13.0 Å². The van der Waals surface area contributed by atoms with Crippen molar-refractivity contribution in [2.45, 2.75) is 52.6 Å². The minimum atomic E-state index is -0.901. The van der Waals surface area contributed by atoms with Crippen LogP contribution in [0.5, 0.6) is 0 Å². The van der Waals surface area contributed by atoms with Gasteiger partial charge in [0.15, 0.2) is 0 Å². The number of fused-ring (bicyclic) bond motifs is 1. The summed E-state index contributed by atoms with van der Waals surface area (Å²) in [4.78, 5) is 46.7. The average Bonchev–Trinajstić information content (AvgIpc) is 3.26. The lowest BCUT2D eigenvalue weighted by molar-refractivity contribution is -0.162. The van der Waals surface area contributed by atoms with E-state index >= 15 is 0 Å². The van der Waals surface area contributed by atoms with Crippen LogP contribution in [0, 0.1) is 26.7 Å². The van der Waals surface area contributed by atoms with Crippen LogP contribution in [0.1, 0.15) is 47.3 Å². The number of carbonyl (C=O) groups excluding carboxylic acids is 3. The molecule has 1 aromatic carbocycles. The highest BCUT2D eigenvalue weighted by Gasteiger charge is 2.62. The van der Waals surface area contributed by atoms with Crippen LogP contribution in [-0.2, 0) is 23.1 Å². The number of hydrazine groups is 1. The monoisotopic (exact) mass is 501 g/mol. The van der Waals surface area contributed by atoms with Crippen LogP contribution in [-0.4, -0.2) is 48.6 Å². The molecule has 2 saturated heterocycles. The lowest BCUT2D eigenvalue weighted by Crippen LogP contribution is -2.78. The van der Waals surface area contributed by atoms with Crippen LogP contribution < -0.4 is 10.7 Å². The molecule has 2 aromatic heterocycles. The molecular formula is C27H31N7O3. The maximum absolute atomic E-state index is 14.1. The first-order chi connectivity index (χ1) is 17.6. The third-order valence-electron chi connectivity index (χ3n) is 7.19. The molecule has 4 heterocycles. The van der Waals surface area contributed by atoms with E-state index < -0.39 is 24.0 Å². The highest BCUT2D eigenvalue weighted by atomic mass is 16.2. The largest absolute Gasteiger partial charge is 0.384 e. The number of amides is 4. The van der Waals surface area contributed by atoms with Crippen molar-refractivity contribution in [2.75, 3.05) is 10.7 Å². The van der Waals surface area contributed by atoms with Gasteiger partial charge < -0.3 is 5.73 Å². The van der Waals surface area contributed by atoms with E-state index in [-0.39, 0.29) is 11.8 Å². The Hall–Kier alpha value is -4.21. The standard InChI is InChI=1S/C27H31N7O3/c1-6-22(20-9-15(2)7-8-16(20)3)34-27(37)32-24(26(36)33(34)19-13-29-31(5)14-19)21(25(32)35)11-18-10-17(4)30-23(28)12-18/h7-10,12-14,21-22,24H,6,11H2,1-5H3,(H2,28,30)/t21-,22-,24+/m1/s1. The third kappa shape index (κ3) is 4.02. The summed E-state index contributed by atoms with van der Waals surface area (Å²) in [5.74, 6) is -1.00. The highest BCUT2D eigenvalue weighted by molar-refractivity contribution is 6.16. The van der Waals surface area contributed by atoms with Crippen molar-refractivity contribution >= 4 is 29.4 Å². The summed E-state index contributed by atoms with van der Waals surface area (Å²) < 4.78 is 1.59. The predicted octanol–water partition coefficient (Wildman–Crippen LogP) is 3.23. The Bertz CT molecular complexity index is 1390. The van der Waals surface area contributed by atoms with Gasteiger partial charge in [0.1, 0.15) is 17.5 Å². The molecule has 2 aliphatic rings. The second-order valence-electron chi connectivity index (χ2n) is 9.94. The number of aromatic nitrogens is 3. The fourth-order valence-electron chi connectivity index (χ4n) is 5.50. The van der Waals surface area contributed by atoms with Gasteiger partial charge in [0.2, 0.25) is 5.91 Å². The van der Waals surface area contributed by atoms with Crippen molar-refractivity contribution in [3.05, 3.63) is 70.7 Å². The van der Waals surface area contributed by atoms with E-state index in [0.29, 0.717) is 24.3 Å². The Morgan fingerprint density at radius 3 is 2.46 bits per heavy atom. The zero-order chi connectivity index (χ0) is 26.6. The number of nitrogens with two attached hydrogens (primary N) is 1. The molecule has 2 aliphatic heterocycles. The molecule has 2 N–H and O–H groups in total. The lowest BCUT2D eigenvalue weighted by atomic mass is 9.81. The molecule has 5 rings (SSSR count). The smallest absolute Gasteiger partial charge is 0.347 e. The van der Waals surface area contributed by atoms with Crippen LogP contribution in [0.15, 0.2) is 42.7 Å². The van der Waals surface area contributed by atoms with E-state index in [1.165, 1.54) is 10.0 Å². The number of nitrogens with zero attached hydrogens (tertiary/aromatic N) is 6. The summed E-state index contributed by atoms with van der Waals surface area (Å²) in [6, 6.07) is 7.75. The van der Waals surface area contributed by atoms with Gasteiger partial charge in [-0.3, -0.25) is 14.3 Å². The minimum absolute atomic E-state index is 0.293. The van der Waals surface area contributed by atoms with Gasteiger partial charge in [-0.1, -0.05) is 30.7 Å². The van der Waals surface area contributed by atoms with E-state index in [9.17, 15) is 14.4 Å². The van der Waals surface area contributed by atoms with Crippen LogP contribution in [0.3, 0.4) is 0 Å². The summed E-state index contributed by atoms with van der Waals surface area (Å²) in [5.41, 5.74) is 10.9. The summed E-state index contributed by atoms with van der Waals surface area (Å²) in [5, 5.41) is 7.09. The molecule has 0 unspecified atom stereocenters. The van der Waals surface area contributed by atoms with Crippen molar-refractivity contribution in [1.82, 2.24) is 24.7 Å². The van der Waals surface area contributed by atoms with Gasteiger partial charge in [-0.2, -0.15) is 5.10 Å². The van der Waals surface area contributed by atoms with Gasteiger partial charge in [-0.05, 0) is 62.4 Å². The van der Waals surface area contributed by atoms with Crippen molar-refractivity contribution in [1.29, 1.82) is 0 Å². The number of β-lactam (4-membered cyclic amide) rings is 1. The molecule has 4 amide bonds. The van der Waals surface area contributed by atoms with E-state index in [1.807, 2.05) is 52.0 Å². The van der Waals surface area contributed by atoms with Gasteiger partial charge in [-0.25, -0.2) is 24.7 Å². The van der Waals surface area contributed by atoms with E-state index in [2.05, 4.69) is 10.1 Å². The predicted molar refractivity (Wildman–Crippen MR) is 138 cm³/mol. The minimum Gasteiger partial charge on any atom is -0.384 e. The molecule has 3 aromatic rings. The number of aryl methyl sites for hydroxylation is 4. The second kappa shape index (κ2) is 9.02. The summed E-state index contributed by atoms with van der Waals surface area (Å²) in [7, 11) is 1.75. The SMILES string of the molecule is CC[C@H](c1cc(C)ccc1C)N1C(=O)N2C(=O)[C@H](Cc3cc(C)nc(N)c3)[C@H]2C(=O)N1c1cnn(C)c1. The van der Waals surface area contributed by atoms with Gasteiger partial charge in [0.25, 0.3) is 5.91 Å². The zero-order valence-electron chi connectivity index (χ0n) is 21.7. The quantitative estimate of drug-likeness (QED) is 0.518. The van der Waals surface area contributed by atoms with Crippen LogP contribution in [0.25, 0.3) is 0 Å². The van der Waals surface area contributed by atoms with E-state index in [4.69, 9.17) is 5.73 Å². The zero-order valence-corrected chi connectivity index (χ0v) is 21.7. The molecule has 0 radical (unpaired) electrons. The molecule has 0 saturated carbocycles. The summed E-state index contributed by atoms with van der Waals surface area (Å²) in [6.07, 6.45) is 4.10. The first kappa shape index (κ1) is 24.5. The molecule has 192 valence electrons. The molecule has 3 atom stereocenters. The Morgan fingerprint density at radius 2 is 1.81 bits per heavy atom. The van der Waals surface area contributed by atoms with Gasteiger partial charge in [0.05, 0.1) is 24.4 Å². The second-order valence-corrected chi connectivity index (χ2v) is 9.94. The number of imide groups is 1. The number of anilines is 2. The Labute approximate surface area is 215 Å². The van der Waals surface area contributed by atoms with Gasteiger partial charge >= 0.3 is 6.03 Å². The first-order valence-electron chi connectivity index (χ1n) is 12.4. The average molecular weight is 502 g/mol. The Kier molecular flexibility index (Phi) is 5.97. The molecule has 0 spiro atoms. The number of rotatable bonds is 6. The summed E-state index contributed by atoms with van der Waals surface area (Å²) in [6.45, 7) is 7.77. The number of nitrogen functional groups attached to an aromatic ring is 1. The van der Waals surface area contributed by atoms with Crippen LogP contribution >= 0.6 is 0 Å². The highest BCUT2D eigenvalue weighted by Crippen LogP contribution is 2.42. The maximum atomic E-state index is 14.1. The molecule has 0 aliphatic carbocycles. The Morgan fingerprint density at radius 1 is 1.05 bits per heavy atom. The van der Waals surface area contributed by atoms with Gasteiger partial charge in [-0.15, -0.1) is 0 Å². The molecule has 0 bridgehead atoms. The normalized spacial score (nSPS) is 20.2. The van der Waals surface area contributed by atoms with E-state index in [1.54, 1.807) is 30.2 Å². The number of carbonyl (C=O) groups is 3. The first-order valence-corrected chi connectivity index (χ1v) is 12.4. The number of urea groups is 1. The lowest BCUT2D eigenvalue weighted by Gasteiger charge is -2.55. The molecular weight excluding hydrogens is 470 g/mol. The van der Waals surface area contributed by atoms with Crippen LogP contribution in [0.4, 0.5) is 16.3 Å². The number of pyridine rings is 1.